The van der Waals surface area contributed by atoms with Crippen LogP contribution in [0.1, 0.15) is 48.2 Å². The summed E-state index contributed by atoms with van der Waals surface area (Å²) in [7, 11) is 3.50. The molecular weight excluding hydrogens is 468 g/mol. The number of nitrogens with zero attached hydrogens (tertiary/aromatic N) is 2. The van der Waals surface area contributed by atoms with Gasteiger partial charge in [0.05, 0.1) is 14.2 Å². The van der Waals surface area contributed by atoms with Gasteiger partial charge in [-0.05, 0) is 37.1 Å². The first-order valence-corrected chi connectivity index (χ1v) is 13.4. The second-order valence-corrected chi connectivity index (χ2v) is 9.74. The summed E-state index contributed by atoms with van der Waals surface area (Å²) in [6.45, 7) is 8.03. The Bertz CT molecular complexity index is 1150. The van der Waals surface area contributed by atoms with E-state index < -0.39 is 0 Å². The summed E-state index contributed by atoms with van der Waals surface area (Å²) in [4.78, 5) is 5.11. The highest BCUT2D eigenvalue weighted by Gasteiger charge is 2.22. The molecule has 0 aliphatic heterocycles. The van der Waals surface area contributed by atoms with Gasteiger partial charge in [-0.25, -0.2) is 0 Å². The van der Waals surface area contributed by atoms with Crippen molar-refractivity contribution in [1.29, 1.82) is 0 Å². The van der Waals surface area contributed by atoms with Crippen molar-refractivity contribution in [3.05, 3.63) is 131 Å². The van der Waals surface area contributed by atoms with E-state index in [1.165, 1.54) is 22.3 Å². The molecule has 0 aromatic heterocycles. The quantitative estimate of drug-likeness (QED) is 0.186. The Balaban J connectivity index is 1.62. The lowest BCUT2D eigenvalue weighted by Crippen LogP contribution is -2.37. The van der Waals surface area contributed by atoms with E-state index >= 15 is 0 Å². The minimum Gasteiger partial charge on any atom is -0.496 e. The SMILES string of the molecule is COc1ccccc1CN(CCN(Cc1ccccc1OC)[C@@H](C)c1ccccc1)[C@@H](C)c1ccccc1. The fourth-order valence-electron chi connectivity index (χ4n) is 5.07. The van der Waals surface area contributed by atoms with E-state index in [0.29, 0.717) is 0 Å². The summed E-state index contributed by atoms with van der Waals surface area (Å²) in [6, 6.07) is 38.7. The Morgan fingerprint density at radius 2 is 0.842 bits per heavy atom. The summed E-state index contributed by atoms with van der Waals surface area (Å²) in [5.41, 5.74) is 5.03. The van der Waals surface area contributed by atoms with Crippen LogP contribution in [0.25, 0.3) is 0 Å². The molecule has 4 rings (SSSR count). The molecule has 198 valence electrons. The summed E-state index contributed by atoms with van der Waals surface area (Å²) < 4.78 is 11.4. The van der Waals surface area contributed by atoms with Crippen LogP contribution in [0.5, 0.6) is 11.5 Å². The van der Waals surface area contributed by atoms with Crippen molar-refractivity contribution in [3.63, 3.8) is 0 Å². The average molecular weight is 509 g/mol. The number of hydrogen-bond acceptors (Lipinski definition) is 4. The normalized spacial score (nSPS) is 12.9. The molecule has 0 bridgehead atoms. The molecule has 0 saturated carbocycles. The lowest BCUT2D eigenvalue weighted by atomic mass is 10.0. The highest BCUT2D eigenvalue weighted by Crippen LogP contribution is 2.29. The van der Waals surface area contributed by atoms with Gasteiger partial charge in [0.2, 0.25) is 0 Å². The lowest BCUT2D eigenvalue weighted by molar-refractivity contribution is 0.132. The van der Waals surface area contributed by atoms with Gasteiger partial charge in [0, 0.05) is 49.4 Å². The molecule has 4 nitrogen and oxygen atoms in total. The number of hydrogen-bond donors (Lipinski definition) is 0. The third-order valence-corrected chi connectivity index (χ3v) is 7.47. The predicted molar refractivity (Wildman–Crippen MR) is 157 cm³/mol. The maximum atomic E-state index is 5.71. The second-order valence-electron chi connectivity index (χ2n) is 9.74. The van der Waals surface area contributed by atoms with Crippen LogP contribution in [0.2, 0.25) is 0 Å². The molecule has 0 spiro atoms. The first-order valence-electron chi connectivity index (χ1n) is 13.4. The summed E-state index contributed by atoms with van der Waals surface area (Å²) in [6.07, 6.45) is 0. The highest BCUT2D eigenvalue weighted by atomic mass is 16.5. The van der Waals surface area contributed by atoms with Gasteiger partial charge >= 0.3 is 0 Å². The molecule has 0 heterocycles. The molecule has 2 atom stereocenters. The Kier molecular flexibility index (Phi) is 9.97. The Labute approximate surface area is 228 Å². The van der Waals surface area contributed by atoms with E-state index in [4.69, 9.17) is 9.47 Å². The molecule has 38 heavy (non-hydrogen) atoms. The van der Waals surface area contributed by atoms with Crippen molar-refractivity contribution in [2.45, 2.75) is 39.0 Å². The fraction of sp³-hybridized carbons (Fsp3) is 0.294. The minimum absolute atomic E-state index is 0.251. The molecule has 0 fully saturated rings. The van der Waals surface area contributed by atoms with Crippen LogP contribution in [0.15, 0.2) is 109 Å². The van der Waals surface area contributed by atoms with E-state index in [0.717, 1.165) is 37.7 Å². The van der Waals surface area contributed by atoms with Crippen LogP contribution in [0, 0.1) is 0 Å². The van der Waals surface area contributed by atoms with Gasteiger partial charge in [0.1, 0.15) is 11.5 Å². The van der Waals surface area contributed by atoms with E-state index in [9.17, 15) is 0 Å². The second kappa shape index (κ2) is 13.8. The molecule has 0 radical (unpaired) electrons. The van der Waals surface area contributed by atoms with Crippen molar-refractivity contribution in [3.8, 4) is 11.5 Å². The molecule has 0 aliphatic rings. The van der Waals surface area contributed by atoms with Crippen LogP contribution in [-0.2, 0) is 13.1 Å². The smallest absolute Gasteiger partial charge is 0.123 e. The summed E-state index contributed by atoms with van der Waals surface area (Å²) in [5.74, 6) is 1.86. The zero-order chi connectivity index (χ0) is 26.7. The van der Waals surface area contributed by atoms with Crippen LogP contribution >= 0.6 is 0 Å². The summed E-state index contributed by atoms with van der Waals surface area (Å²) >= 11 is 0. The van der Waals surface area contributed by atoms with Crippen molar-refractivity contribution in [1.82, 2.24) is 9.80 Å². The number of ether oxygens (including phenoxy) is 2. The van der Waals surface area contributed by atoms with Crippen LogP contribution in [0.4, 0.5) is 0 Å². The van der Waals surface area contributed by atoms with Crippen LogP contribution in [0.3, 0.4) is 0 Å². The molecule has 4 aromatic rings. The predicted octanol–water partition coefficient (Wildman–Crippen LogP) is 7.53. The largest absolute Gasteiger partial charge is 0.496 e. The number of methoxy groups -OCH3 is 2. The van der Waals surface area contributed by atoms with Gasteiger partial charge < -0.3 is 9.47 Å². The van der Waals surface area contributed by atoms with Crippen LogP contribution < -0.4 is 9.47 Å². The third-order valence-electron chi connectivity index (χ3n) is 7.47. The first kappa shape index (κ1) is 27.4. The van der Waals surface area contributed by atoms with Gasteiger partial charge in [-0.15, -0.1) is 0 Å². The minimum atomic E-state index is 0.251. The molecule has 0 aliphatic carbocycles. The highest BCUT2D eigenvalue weighted by molar-refractivity contribution is 5.34. The van der Waals surface area contributed by atoms with Crippen molar-refractivity contribution < 1.29 is 9.47 Å². The number of para-hydroxylation sites is 2. The molecule has 0 saturated heterocycles. The lowest BCUT2D eigenvalue weighted by Gasteiger charge is -2.35. The maximum absolute atomic E-state index is 5.71. The summed E-state index contributed by atoms with van der Waals surface area (Å²) in [5, 5.41) is 0. The molecular formula is C34H40N2O2. The third kappa shape index (κ3) is 7.03. The molecule has 4 aromatic carbocycles. The van der Waals surface area contributed by atoms with Gasteiger partial charge in [-0.2, -0.15) is 0 Å². The van der Waals surface area contributed by atoms with E-state index in [2.05, 4.69) is 109 Å². The standard InChI is InChI=1S/C34H40N2O2/c1-27(29-15-7-5-8-16-29)35(25-31-19-11-13-21-33(31)37-3)23-24-36(28(2)30-17-9-6-10-18-30)26-32-20-12-14-22-34(32)38-4/h5-22,27-28H,23-26H2,1-4H3/t27-,28-/m0/s1. The van der Waals surface area contributed by atoms with Gasteiger partial charge in [-0.1, -0.05) is 97.1 Å². The van der Waals surface area contributed by atoms with Crippen LogP contribution in [-0.4, -0.2) is 37.1 Å². The van der Waals surface area contributed by atoms with Crippen molar-refractivity contribution in [2.24, 2.45) is 0 Å². The van der Waals surface area contributed by atoms with E-state index in [-0.39, 0.29) is 12.1 Å². The molecule has 0 amide bonds. The molecule has 0 N–H and O–H groups in total. The zero-order valence-electron chi connectivity index (χ0n) is 23.1. The molecule has 0 unspecified atom stereocenters. The average Bonchev–Trinajstić information content (AvgIpc) is 2.99. The van der Waals surface area contributed by atoms with Crippen molar-refractivity contribution >= 4 is 0 Å². The number of benzene rings is 4. The first-order chi connectivity index (χ1) is 18.6. The van der Waals surface area contributed by atoms with Crippen molar-refractivity contribution in [2.75, 3.05) is 27.3 Å². The number of rotatable bonds is 13. The Morgan fingerprint density at radius 3 is 1.21 bits per heavy atom. The monoisotopic (exact) mass is 508 g/mol. The van der Waals surface area contributed by atoms with E-state index in [1.54, 1.807) is 14.2 Å². The van der Waals surface area contributed by atoms with Gasteiger partial charge in [0.25, 0.3) is 0 Å². The Hall–Kier alpha value is -3.60. The molecule has 4 heteroatoms. The fourth-order valence-corrected chi connectivity index (χ4v) is 5.07. The van der Waals surface area contributed by atoms with Gasteiger partial charge in [0.15, 0.2) is 0 Å². The van der Waals surface area contributed by atoms with E-state index in [1.807, 2.05) is 24.3 Å². The topological polar surface area (TPSA) is 24.9 Å². The Morgan fingerprint density at radius 1 is 0.500 bits per heavy atom. The zero-order valence-corrected chi connectivity index (χ0v) is 23.1. The maximum Gasteiger partial charge on any atom is 0.123 e. The van der Waals surface area contributed by atoms with Gasteiger partial charge in [-0.3, -0.25) is 9.80 Å².